The molecule has 2 saturated heterocycles. The third-order valence-corrected chi connectivity index (χ3v) is 6.13. The van der Waals surface area contributed by atoms with Crippen molar-refractivity contribution >= 4 is 35.1 Å². The first kappa shape index (κ1) is 21.0. The first-order valence-electron chi connectivity index (χ1n) is 10.4. The minimum atomic E-state index is -2.68. The van der Waals surface area contributed by atoms with Crippen molar-refractivity contribution in [2.45, 2.75) is 31.9 Å². The Morgan fingerprint density at radius 3 is 2.39 bits per heavy atom. The van der Waals surface area contributed by atoms with Crippen LogP contribution in [0.15, 0.2) is 36.5 Å². The van der Waals surface area contributed by atoms with Crippen LogP contribution in [0.5, 0.6) is 0 Å². The number of carbonyl (C=O) groups excluding carboxylic acids is 4. The Bertz CT molecular complexity index is 1170. The topological polar surface area (TPSA) is 103 Å². The molecule has 3 aliphatic heterocycles. The van der Waals surface area contributed by atoms with Gasteiger partial charge in [0.05, 0.1) is 11.9 Å². The number of aromatic nitrogens is 1. The van der Waals surface area contributed by atoms with E-state index in [4.69, 9.17) is 0 Å². The van der Waals surface area contributed by atoms with E-state index in [0.717, 1.165) is 0 Å². The van der Waals surface area contributed by atoms with Crippen LogP contribution >= 0.6 is 0 Å². The minimum Gasteiger partial charge on any atom is -0.322 e. The van der Waals surface area contributed by atoms with Gasteiger partial charge in [0.1, 0.15) is 11.7 Å². The van der Waals surface area contributed by atoms with Crippen molar-refractivity contribution < 1.29 is 28.0 Å². The van der Waals surface area contributed by atoms with Gasteiger partial charge >= 0.3 is 6.03 Å². The Morgan fingerprint density at radius 2 is 1.73 bits per heavy atom. The number of nitrogens with one attached hydrogen (secondary N) is 1. The summed E-state index contributed by atoms with van der Waals surface area (Å²) in [6, 6.07) is 6.65. The predicted molar refractivity (Wildman–Crippen MR) is 112 cm³/mol. The molecule has 0 spiro atoms. The Balaban J connectivity index is 1.33. The Morgan fingerprint density at radius 1 is 1.00 bits per heavy atom. The number of carbonyl (C=O) groups is 4. The molecule has 33 heavy (non-hydrogen) atoms. The normalized spacial score (nSPS) is 20.7. The zero-order valence-corrected chi connectivity index (χ0v) is 17.3. The molecule has 1 N–H and O–H groups in total. The largest absolute Gasteiger partial charge is 0.329 e. The third-order valence-electron chi connectivity index (χ3n) is 6.13. The van der Waals surface area contributed by atoms with Crippen molar-refractivity contribution in [3.63, 3.8) is 0 Å². The van der Waals surface area contributed by atoms with Crippen LogP contribution in [0.3, 0.4) is 0 Å². The average molecular weight is 455 g/mol. The molecule has 0 aliphatic carbocycles. The second kappa shape index (κ2) is 7.91. The van der Waals surface area contributed by atoms with Crippen molar-refractivity contribution in [3.05, 3.63) is 53.3 Å². The summed E-state index contributed by atoms with van der Waals surface area (Å²) in [6.07, 6.45) is -0.983. The van der Waals surface area contributed by atoms with Crippen LogP contribution in [-0.4, -0.2) is 52.8 Å². The molecule has 170 valence electrons. The lowest BCUT2D eigenvalue weighted by Crippen LogP contribution is -2.52. The number of alkyl halides is 2. The zero-order chi connectivity index (χ0) is 23.3. The van der Waals surface area contributed by atoms with E-state index in [1.165, 1.54) is 28.1 Å². The number of urea groups is 1. The summed E-state index contributed by atoms with van der Waals surface area (Å²) in [5, 5.41) is 2.27. The molecular weight excluding hydrogens is 436 g/mol. The van der Waals surface area contributed by atoms with E-state index < -0.39 is 18.4 Å². The number of benzene rings is 1. The number of piperidine rings is 1. The minimum absolute atomic E-state index is 0.174. The van der Waals surface area contributed by atoms with E-state index in [0.29, 0.717) is 35.6 Å². The standard InChI is InChI=1S/C22H19F2N5O4/c23-19(24)16-4-2-14(10-25-16)28-8-7-27(22(28)33)13-1-3-15-12(9-13)11-29(21(15)32)17-5-6-18(30)26-20(17)31/h1-4,9-10,17,19H,5-8,11H2,(H,26,30,31). The molecule has 0 bridgehead atoms. The van der Waals surface area contributed by atoms with E-state index in [1.54, 1.807) is 23.1 Å². The van der Waals surface area contributed by atoms with Crippen LogP contribution in [0.4, 0.5) is 25.0 Å². The summed E-state index contributed by atoms with van der Waals surface area (Å²) in [6.45, 7) is 0.936. The van der Waals surface area contributed by atoms with Gasteiger partial charge < -0.3 is 4.90 Å². The number of imide groups is 1. The van der Waals surface area contributed by atoms with Crippen molar-refractivity contribution in [1.82, 2.24) is 15.2 Å². The lowest BCUT2D eigenvalue weighted by Gasteiger charge is -2.29. The van der Waals surface area contributed by atoms with E-state index in [1.807, 2.05) is 0 Å². The summed E-state index contributed by atoms with van der Waals surface area (Å²) in [5.41, 5.74) is 1.81. The fourth-order valence-corrected chi connectivity index (χ4v) is 4.43. The molecule has 1 aromatic heterocycles. The first-order chi connectivity index (χ1) is 15.8. The van der Waals surface area contributed by atoms with Gasteiger partial charge in [0.2, 0.25) is 11.8 Å². The Kier molecular flexibility index (Phi) is 5.03. The molecule has 4 heterocycles. The van der Waals surface area contributed by atoms with Crippen LogP contribution in [0.1, 0.15) is 40.9 Å². The van der Waals surface area contributed by atoms with Gasteiger partial charge in [0.25, 0.3) is 12.3 Å². The second-order valence-corrected chi connectivity index (χ2v) is 8.07. The predicted octanol–water partition coefficient (Wildman–Crippen LogP) is 2.23. The number of nitrogens with zero attached hydrogens (tertiary/aromatic N) is 4. The maximum Gasteiger partial charge on any atom is 0.329 e. The quantitative estimate of drug-likeness (QED) is 0.713. The second-order valence-electron chi connectivity index (χ2n) is 8.07. The van der Waals surface area contributed by atoms with E-state index >= 15 is 0 Å². The SMILES string of the molecule is O=C1CCC(N2Cc3cc(N4CCN(c5ccc(C(F)F)nc5)C4=O)ccc3C2=O)C(=O)N1. The van der Waals surface area contributed by atoms with E-state index in [2.05, 4.69) is 10.3 Å². The highest BCUT2D eigenvalue weighted by atomic mass is 19.3. The van der Waals surface area contributed by atoms with Crippen molar-refractivity contribution in [2.24, 2.45) is 0 Å². The molecule has 1 unspecified atom stereocenters. The van der Waals surface area contributed by atoms with Crippen molar-refractivity contribution in [2.75, 3.05) is 22.9 Å². The first-order valence-corrected chi connectivity index (χ1v) is 10.4. The molecule has 2 aromatic rings. The molecule has 5 rings (SSSR count). The van der Waals surface area contributed by atoms with Gasteiger partial charge in [-0.15, -0.1) is 0 Å². The molecule has 0 saturated carbocycles. The molecular formula is C22H19F2N5O4. The van der Waals surface area contributed by atoms with Crippen LogP contribution in [0.2, 0.25) is 0 Å². The van der Waals surface area contributed by atoms with E-state index in [-0.39, 0.29) is 42.9 Å². The number of anilines is 2. The number of halogens is 2. The summed E-state index contributed by atoms with van der Waals surface area (Å²) in [5.74, 6) is -1.12. The van der Waals surface area contributed by atoms with Crippen LogP contribution in [0.25, 0.3) is 0 Å². The van der Waals surface area contributed by atoms with E-state index in [9.17, 15) is 28.0 Å². The van der Waals surface area contributed by atoms with Crippen LogP contribution in [-0.2, 0) is 16.1 Å². The van der Waals surface area contributed by atoms with Gasteiger partial charge in [-0.05, 0) is 42.3 Å². The molecule has 1 atom stereocenters. The molecule has 3 aliphatic rings. The molecule has 11 heteroatoms. The number of hydrogen-bond acceptors (Lipinski definition) is 5. The van der Waals surface area contributed by atoms with Gasteiger partial charge in [-0.3, -0.25) is 34.5 Å². The number of hydrogen-bond donors (Lipinski definition) is 1. The number of rotatable bonds is 4. The Labute approximate surface area is 187 Å². The van der Waals surface area contributed by atoms with Crippen LogP contribution in [0, 0.1) is 0 Å². The maximum atomic E-state index is 13.0. The van der Waals surface area contributed by atoms with Gasteiger partial charge in [-0.2, -0.15) is 0 Å². The average Bonchev–Trinajstić information content (AvgIpc) is 3.33. The molecule has 9 nitrogen and oxygen atoms in total. The van der Waals surface area contributed by atoms with Crippen molar-refractivity contribution in [3.8, 4) is 0 Å². The molecule has 2 fully saturated rings. The van der Waals surface area contributed by atoms with Gasteiger partial charge in [-0.25, -0.2) is 13.6 Å². The van der Waals surface area contributed by atoms with Crippen LogP contribution < -0.4 is 15.1 Å². The smallest absolute Gasteiger partial charge is 0.322 e. The molecule has 5 amide bonds. The summed E-state index contributed by atoms with van der Waals surface area (Å²) in [7, 11) is 0. The highest BCUT2D eigenvalue weighted by molar-refractivity contribution is 6.08. The molecule has 0 radical (unpaired) electrons. The fraction of sp³-hybridized carbons (Fsp3) is 0.318. The maximum absolute atomic E-state index is 13.0. The highest BCUT2D eigenvalue weighted by Crippen LogP contribution is 2.32. The zero-order valence-electron chi connectivity index (χ0n) is 17.3. The number of amides is 5. The number of pyridine rings is 1. The summed E-state index contributed by atoms with van der Waals surface area (Å²) < 4.78 is 25.5. The lowest BCUT2D eigenvalue weighted by atomic mass is 10.0. The van der Waals surface area contributed by atoms with Gasteiger partial charge in [0.15, 0.2) is 0 Å². The van der Waals surface area contributed by atoms with Crippen molar-refractivity contribution in [1.29, 1.82) is 0 Å². The lowest BCUT2D eigenvalue weighted by molar-refractivity contribution is -0.136. The molecule has 1 aromatic carbocycles. The summed E-state index contributed by atoms with van der Waals surface area (Å²) >= 11 is 0. The Hall–Kier alpha value is -3.89. The van der Waals surface area contributed by atoms with Gasteiger partial charge in [0, 0.05) is 37.3 Å². The number of fused-ring (bicyclic) bond motifs is 1. The fourth-order valence-electron chi connectivity index (χ4n) is 4.43. The highest BCUT2D eigenvalue weighted by Gasteiger charge is 2.40. The summed E-state index contributed by atoms with van der Waals surface area (Å²) in [4.78, 5) is 57.6. The monoisotopic (exact) mass is 455 g/mol. The van der Waals surface area contributed by atoms with Gasteiger partial charge in [-0.1, -0.05) is 0 Å². The third kappa shape index (κ3) is 3.59.